The van der Waals surface area contributed by atoms with Crippen LogP contribution in [0.15, 0.2) is 18.6 Å². The molecule has 2 rings (SSSR count). The Bertz CT molecular complexity index is 473. The number of aromatic nitrogens is 4. The number of hydrogen-bond acceptors (Lipinski definition) is 4. The van der Waals surface area contributed by atoms with E-state index in [4.69, 9.17) is 11.6 Å². The van der Waals surface area contributed by atoms with Crippen LogP contribution >= 0.6 is 11.6 Å². The fraction of sp³-hybridized carbons (Fsp3) is 0.222. The second-order valence-corrected chi connectivity index (χ2v) is 3.57. The van der Waals surface area contributed by atoms with Gasteiger partial charge in [0.1, 0.15) is 0 Å². The molecular formula is C9H9ClFN5. The van der Waals surface area contributed by atoms with E-state index in [9.17, 15) is 4.39 Å². The Hall–Kier alpha value is -1.69. The number of rotatable bonds is 3. The molecule has 2 aromatic rings. The van der Waals surface area contributed by atoms with Gasteiger partial charge < -0.3 is 5.32 Å². The van der Waals surface area contributed by atoms with Crippen LogP contribution in [-0.2, 0) is 0 Å². The zero-order chi connectivity index (χ0) is 11.5. The molecule has 0 aliphatic heterocycles. The van der Waals surface area contributed by atoms with E-state index in [1.165, 1.54) is 0 Å². The molecule has 1 unspecified atom stereocenters. The second-order valence-electron chi connectivity index (χ2n) is 3.23. The first-order valence-corrected chi connectivity index (χ1v) is 4.98. The first kappa shape index (κ1) is 10.8. The maximum Gasteiger partial charge on any atom is 0.224 e. The highest BCUT2D eigenvalue weighted by molar-refractivity contribution is 6.28. The van der Waals surface area contributed by atoms with Crippen LogP contribution < -0.4 is 5.32 Å². The minimum Gasteiger partial charge on any atom is -0.361 e. The van der Waals surface area contributed by atoms with Crippen LogP contribution in [0.3, 0.4) is 0 Å². The minimum absolute atomic E-state index is 0.00305. The van der Waals surface area contributed by atoms with Gasteiger partial charge in [-0.15, -0.1) is 0 Å². The fourth-order valence-corrected chi connectivity index (χ4v) is 1.37. The highest BCUT2D eigenvalue weighted by Gasteiger charge is 2.11. The third kappa shape index (κ3) is 2.27. The van der Waals surface area contributed by atoms with E-state index in [2.05, 4.69) is 25.5 Å². The molecule has 0 aromatic carbocycles. The van der Waals surface area contributed by atoms with E-state index in [1.807, 2.05) is 6.92 Å². The predicted octanol–water partition coefficient (Wildman–Crippen LogP) is 2.17. The van der Waals surface area contributed by atoms with E-state index in [0.29, 0.717) is 0 Å². The van der Waals surface area contributed by atoms with Gasteiger partial charge in [0.15, 0.2) is 11.6 Å². The largest absolute Gasteiger partial charge is 0.361 e. The molecule has 2 aromatic heterocycles. The van der Waals surface area contributed by atoms with Gasteiger partial charge in [0, 0.05) is 11.8 Å². The normalized spacial score (nSPS) is 12.4. The summed E-state index contributed by atoms with van der Waals surface area (Å²) in [5.41, 5.74) is 0.897. The average molecular weight is 242 g/mol. The van der Waals surface area contributed by atoms with Crippen LogP contribution in [-0.4, -0.2) is 20.2 Å². The van der Waals surface area contributed by atoms with Gasteiger partial charge >= 0.3 is 0 Å². The molecule has 0 spiro atoms. The summed E-state index contributed by atoms with van der Waals surface area (Å²) < 4.78 is 13.3. The highest BCUT2D eigenvalue weighted by atomic mass is 35.5. The van der Waals surface area contributed by atoms with Gasteiger partial charge in [-0.1, -0.05) is 0 Å². The molecule has 2 heterocycles. The Balaban J connectivity index is 2.17. The number of nitrogens with one attached hydrogen (secondary N) is 2. The number of anilines is 1. The third-order valence-electron chi connectivity index (χ3n) is 2.09. The quantitative estimate of drug-likeness (QED) is 0.809. The zero-order valence-electron chi connectivity index (χ0n) is 8.41. The average Bonchev–Trinajstić information content (AvgIpc) is 2.76. The molecule has 1 atom stereocenters. The number of H-pyrrole nitrogens is 1. The van der Waals surface area contributed by atoms with Crippen molar-refractivity contribution >= 4 is 17.4 Å². The summed E-state index contributed by atoms with van der Waals surface area (Å²) in [4.78, 5) is 7.29. The monoisotopic (exact) mass is 241 g/mol. The number of hydrogen-bond donors (Lipinski definition) is 2. The van der Waals surface area contributed by atoms with Crippen molar-refractivity contribution < 1.29 is 4.39 Å². The summed E-state index contributed by atoms with van der Waals surface area (Å²) in [6, 6.07) is -0.126. The van der Waals surface area contributed by atoms with Crippen molar-refractivity contribution in [2.45, 2.75) is 13.0 Å². The first-order chi connectivity index (χ1) is 7.66. The summed E-state index contributed by atoms with van der Waals surface area (Å²) in [6.45, 7) is 1.86. The van der Waals surface area contributed by atoms with Gasteiger partial charge in [0.2, 0.25) is 5.28 Å². The molecular weight excluding hydrogens is 233 g/mol. The van der Waals surface area contributed by atoms with Gasteiger partial charge in [-0.3, -0.25) is 5.10 Å². The van der Waals surface area contributed by atoms with Crippen molar-refractivity contribution in [1.82, 2.24) is 20.2 Å². The summed E-state index contributed by atoms with van der Waals surface area (Å²) in [5, 5.41) is 9.37. The molecule has 16 heavy (non-hydrogen) atoms. The smallest absolute Gasteiger partial charge is 0.224 e. The standard InChI is InChI=1S/C9H9ClFN5/c1-5(6-2-13-14-3-6)15-8-7(11)4-12-9(10)16-8/h2-5H,1H3,(H,13,14)(H,12,15,16). The lowest BCUT2D eigenvalue weighted by Gasteiger charge is -2.12. The molecule has 0 saturated carbocycles. The van der Waals surface area contributed by atoms with Crippen molar-refractivity contribution in [1.29, 1.82) is 0 Å². The molecule has 84 valence electrons. The van der Waals surface area contributed by atoms with E-state index in [0.717, 1.165) is 11.8 Å². The summed E-state index contributed by atoms with van der Waals surface area (Å²) >= 11 is 5.58. The maximum atomic E-state index is 13.3. The molecule has 0 aliphatic carbocycles. The molecule has 0 amide bonds. The SMILES string of the molecule is CC(Nc1nc(Cl)ncc1F)c1cn[nH]c1. The van der Waals surface area contributed by atoms with Gasteiger partial charge in [0.25, 0.3) is 0 Å². The predicted molar refractivity (Wildman–Crippen MR) is 57.6 cm³/mol. The second kappa shape index (κ2) is 4.44. The van der Waals surface area contributed by atoms with Crippen LogP contribution in [0.1, 0.15) is 18.5 Å². The molecule has 7 heteroatoms. The first-order valence-electron chi connectivity index (χ1n) is 4.60. The molecule has 0 bridgehead atoms. The third-order valence-corrected chi connectivity index (χ3v) is 2.27. The molecule has 5 nitrogen and oxygen atoms in total. The summed E-state index contributed by atoms with van der Waals surface area (Å²) in [5.74, 6) is -0.464. The van der Waals surface area contributed by atoms with E-state index in [1.54, 1.807) is 12.4 Å². The van der Waals surface area contributed by atoms with Crippen LogP contribution in [0.25, 0.3) is 0 Å². The van der Waals surface area contributed by atoms with Crippen molar-refractivity contribution in [3.05, 3.63) is 35.3 Å². The van der Waals surface area contributed by atoms with Crippen molar-refractivity contribution in [2.24, 2.45) is 0 Å². The van der Waals surface area contributed by atoms with Gasteiger partial charge in [-0.2, -0.15) is 10.1 Å². The van der Waals surface area contributed by atoms with Crippen LogP contribution in [0.2, 0.25) is 5.28 Å². The molecule has 0 aliphatic rings. The van der Waals surface area contributed by atoms with E-state index < -0.39 is 5.82 Å². The van der Waals surface area contributed by atoms with Crippen molar-refractivity contribution in [3.8, 4) is 0 Å². The summed E-state index contributed by atoms with van der Waals surface area (Å²) in [7, 11) is 0. The topological polar surface area (TPSA) is 66.5 Å². The Morgan fingerprint density at radius 2 is 2.31 bits per heavy atom. The molecule has 0 saturated heterocycles. The lowest BCUT2D eigenvalue weighted by Crippen LogP contribution is -2.09. The van der Waals surface area contributed by atoms with Gasteiger partial charge in [-0.05, 0) is 18.5 Å². The van der Waals surface area contributed by atoms with Crippen LogP contribution in [0, 0.1) is 5.82 Å². The lowest BCUT2D eigenvalue weighted by atomic mass is 10.2. The van der Waals surface area contributed by atoms with Crippen LogP contribution in [0.4, 0.5) is 10.2 Å². The van der Waals surface area contributed by atoms with E-state index >= 15 is 0 Å². The Labute approximate surface area is 96.1 Å². The Morgan fingerprint density at radius 3 is 3.00 bits per heavy atom. The molecule has 0 radical (unpaired) electrons. The van der Waals surface area contributed by atoms with Gasteiger partial charge in [-0.25, -0.2) is 9.37 Å². The van der Waals surface area contributed by atoms with Crippen LogP contribution in [0.5, 0.6) is 0 Å². The summed E-state index contributed by atoms with van der Waals surface area (Å²) in [6.07, 6.45) is 4.40. The van der Waals surface area contributed by atoms with Crippen molar-refractivity contribution in [3.63, 3.8) is 0 Å². The van der Waals surface area contributed by atoms with Crippen molar-refractivity contribution in [2.75, 3.05) is 5.32 Å². The Kier molecular flexibility index (Phi) is 3.00. The number of halogens is 2. The molecule has 0 fully saturated rings. The zero-order valence-corrected chi connectivity index (χ0v) is 9.16. The maximum absolute atomic E-state index is 13.3. The number of aromatic amines is 1. The number of nitrogens with zero attached hydrogens (tertiary/aromatic N) is 3. The minimum atomic E-state index is -0.542. The fourth-order valence-electron chi connectivity index (χ4n) is 1.23. The highest BCUT2D eigenvalue weighted by Crippen LogP contribution is 2.19. The van der Waals surface area contributed by atoms with E-state index in [-0.39, 0.29) is 17.1 Å². The lowest BCUT2D eigenvalue weighted by molar-refractivity contribution is 0.613. The molecule has 2 N–H and O–H groups in total. The van der Waals surface area contributed by atoms with Gasteiger partial charge in [0.05, 0.1) is 18.4 Å². The Morgan fingerprint density at radius 1 is 1.50 bits per heavy atom.